The van der Waals surface area contributed by atoms with E-state index in [-0.39, 0.29) is 0 Å². The largest absolute Gasteiger partial charge is 0.396 e. The van der Waals surface area contributed by atoms with Gasteiger partial charge in [-0.15, -0.1) is 0 Å². The standard InChI is InChI=1S/C29H50O/c1-20(2)22(16-19-30)10-9-21(3)25-13-14-26-24-12-11-23-8-6-7-17-28(23,4)27(24)15-18-29(25,26)5/h21-27,30H,1,6-19H2,2-5H3/t21-,22+,23?,24+,25-,26+,27+,28+,29-/m1/s1. The van der Waals surface area contributed by atoms with Gasteiger partial charge in [-0.25, -0.2) is 0 Å². The van der Waals surface area contributed by atoms with Crippen molar-refractivity contribution in [3.8, 4) is 0 Å². The van der Waals surface area contributed by atoms with E-state index in [1.807, 2.05) is 0 Å². The molecule has 0 aliphatic heterocycles. The Labute approximate surface area is 187 Å². The van der Waals surface area contributed by atoms with Crippen molar-refractivity contribution in [3.63, 3.8) is 0 Å². The minimum absolute atomic E-state index is 0.304. The van der Waals surface area contributed by atoms with Gasteiger partial charge in [0.2, 0.25) is 0 Å². The molecule has 0 aromatic rings. The molecule has 0 amide bonds. The van der Waals surface area contributed by atoms with Crippen LogP contribution in [0.2, 0.25) is 0 Å². The number of hydrogen-bond acceptors (Lipinski definition) is 1. The molecule has 172 valence electrons. The van der Waals surface area contributed by atoms with Crippen LogP contribution in [0.15, 0.2) is 12.2 Å². The van der Waals surface area contributed by atoms with Gasteiger partial charge in [0.15, 0.2) is 0 Å². The molecule has 0 spiro atoms. The van der Waals surface area contributed by atoms with Gasteiger partial charge in [0.05, 0.1) is 0 Å². The van der Waals surface area contributed by atoms with E-state index in [2.05, 4.69) is 34.3 Å². The van der Waals surface area contributed by atoms with Crippen molar-refractivity contribution in [2.45, 2.75) is 111 Å². The third-order valence-electron chi connectivity index (χ3n) is 11.5. The van der Waals surface area contributed by atoms with Gasteiger partial charge < -0.3 is 5.11 Å². The quantitative estimate of drug-likeness (QED) is 0.418. The maximum atomic E-state index is 9.43. The Hall–Kier alpha value is -0.300. The first-order valence-electron chi connectivity index (χ1n) is 13.6. The Morgan fingerprint density at radius 3 is 2.40 bits per heavy atom. The second kappa shape index (κ2) is 8.92. The summed E-state index contributed by atoms with van der Waals surface area (Å²) in [5, 5.41) is 9.43. The number of aliphatic hydroxyl groups is 1. The molecule has 4 aliphatic carbocycles. The summed E-state index contributed by atoms with van der Waals surface area (Å²) in [6, 6.07) is 0. The van der Waals surface area contributed by atoms with Gasteiger partial charge in [-0.1, -0.05) is 45.8 Å². The lowest BCUT2D eigenvalue weighted by atomic mass is 9.44. The molecule has 0 aromatic heterocycles. The van der Waals surface area contributed by atoms with Crippen LogP contribution < -0.4 is 0 Å². The van der Waals surface area contributed by atoms with Crippen molar-refractivity contribution < 1.29 is 5.11 Å². The van der Waals surface area contributed by atoms with E-state index >= 15 is 0 Å². The highest BCUT2D eigenvalue weighted by atomic mass is 16.3. The molecule has 1 heteroatoms. The zero-order valence-electron chi connectivity index (χ0n) is 20.6. The van der Waals surface area contributed by atoms with Gasteiger partial charge in [0.1, 0.15) is 0 Å². The summed E-state index contributed by atoms with van der Waals surface area (Å²) in [6.07, 6.45) is 18.6. The van der Waals surface area contributed by atoms with Crippen molar-refractivity contribution in [1.82, 2.24) is 0 Å². The van der Waals surface area contributed by atoms with Crippen molar-refractivity contribution >= 4 is 0 Å². The van der Waals surface area contributed by atoms with Crippen molar-refractivity contribution in [2.24, 2.45) is 52.3 Å². The number of allylic oxidation sites excluding steroid dienone is 1. The lowest BCUT2D eigenvalue weighted by Crippen LogP contribution is -2.53. The lowest BCUT2D eigenvalue weighted by Gasteiger charge is -2.61. The summed E-state index contributed by atoms with van der Waals surface area (Å²) >= 11 is 0. The first-order chi connectivity index (χ1) is 14.3. The van der Waals surface area contributed by atoms with E-state index in [1.54, 1.807) is 6.42 Å². The van der Waals surface area contributed by atoms with Crippen molar-refractivity contribution in [2.75, 3.05) is 6.61 Å². The third-order valence-corrected chi connectivity index (χ3v) is 11.5. The molecule has 1 unspecified atom stereocenters. The first-order valence-corrected chi connectivity index (χ1v) is 13.6. The fraction of sp³-hybridized carbons (Fsp3) is 0.931. The fourth-order valence-electron chi connectivity index (χ4n) is 9.73. The van der Waals surface area contributed by atoms with E-state index in [0.29, 0.717) is 23.4 Å². The number of aliphatic hydroxyl groups excluding tert-OH is 1. The van der Waals surface area contributed by atoms with Crippen LogP contribution in [0, 0.1) is 52.3 Å². The van der Waals surface area contributed by atoms with Crippen LogP contribution in [0.5, 0.6) is 0 Å². The average Bonchev–Trinajstić information content (AvgIpc) is 3.07. The first kappa shape index (κ1) is 22.9. The Balaban J connectivity index is 1.44. The molecular weight excluding hydrogens is 364 g/mol. The van der Waals surface area contributed by atoms with Crippen LogP contribution >= 0.6 is 0 Å². The van der Waals surface area contributed by atoms with Crippen LogP contribution in [-0.2, 0) is 0 Å². The van der Waals surface area contributed by atoms with E-state index in [0.717, 1.165) is 41.9 Å². The van der Waals surface area contributed by atoms with Crippen LogP contribution in [0.25, 0.3) is 0 Å². The topological polar surface area (TPSA) is 20.2 Å². The van der Waals surface area contributed by atoms with Gasteiger partial charge >= 0.3 is 0 Å². The summed E-state index contributed by atoms with van der Waals surface area (Å²) < 4.78 is 0. The lowest BCUT2D eigenvalue weighted by molar-refractivity contribution is -0.114. The minimum Gasteiger partial charge on any atom is -0.396 e. The van der Waals surface area contributed by atoms with Crippen molar-refractivity contribution in [3.05, 3.63) is 12.2 Å². The highest BCUT2D eigenvalue weighted by molar-refractivity contribution is 5.09. The molecule has 4 aliphatic rings. The van der Waals surface area contributed by atoms with Gasteiger partial charge in [-0.2, -0.15) is 0 Å². The zero-order valence-corrected chi connectivity index (χ0v) is 20.6. The molecule has 9 atom stereocenters. The molecule has 0 aromatic carbocycles. The Morgan fingerprint density at radius 2 is 1.67 bits per heavy atom. The van der Waals surface area contributed by atoms with Crippen LogP contribution in [0.3, 0.4) is 0 Å². The van der Waals surface area contributed by atoms with E-state index in [1.165, 1.54) is 76.2 Å². The zero-order chi connectivity index (χ0) is 21.5. The summed E-state index contributed by atoms with van der Waals surface area (Å²) in [5.74, 6) is 6.34. The molecular formula is C29H50O. The minimum atomic E-state index is 0.304. The summed E-state index contributed by atoms with van der Waals surface area (Å²) in [4.78, 5) is 0. The smallest absolute Gasteiger partial charge is 0.0436 e. The molecule has 4 saturated carbocycles. The Morgan fingerprint density at radius 1 is 0.900 bits per heavy atom. The van der Waals surface area contributed by atoms with Gasteiger partial charge in [-0.3, -0.25) is 0 Å². The second-order valence-electron chi connectivity index (χ2n) is 12.7. The van der Waals surface area contributed by atoms with E-state index in [9.17, 15) is 5.11 Å². The number of fused-ring (bicyclic) bond motifs is 5. The number of hydrogen-bond donors (Lipinski definition) is 1. The molecule has 0 heterocycles. The molecule has 30 heavy (non-hydrogen) atoms. The second-order valence-corrected chi connectivity index (χ2v) is 12.7. The third kappa shape index (κ3) is 3.84. The monoisotopic (exact) mass is 414 g/mol. The molecule has 0 saturated heterocycles. The highest BCUT2D eigenvalue weighted by Crippen LogP contribution is 2.68. The predicted octanol–water partition coefficient (Wildman–Crippen LogP) is 8.03. The van der Waals surface area contributed by atoms with E-state index in [4.69, 9.17) is 0 Å². The predicted molar refractivity (Wildman–Crippen MR) is 128 cm³/mol. The maximum Gasteiger partial charge on any atom is 0.0436 e. The van der Waals surface area contributed by atoms with Crippen LogP contribution in [0.4, 0.5) is 0 Å². The van der Waals surface area contributed by atoms with Crippen LogP contribution in [-0.4, -0.2) is 11.7 Å². The molecule has 4 rings (SSSR count). The molecule has 0 bridgehead atoms. The van der Waals surface area contributed by atoms with Gasteiger partial charge in [-0.05, 0) is 130 Å². The van der Waals surface area contributed by atoms with Gasteiger partial charge in [0.25, 0.3) is 0 Å². The average molecular weight is 415 g/mol. The van der Waals surface area contributed by atoms with Gasteiger partial charge in [0, 0.05) is 6.61 Å². The molecule has 0 radical (unpaired) electrons. The summed E-state index contributed by atoms with van der Waals surface area (Å²) in [7, 11) is 0. The molecule has 1 nitrogen and oxygen atoms in total. The molecule has 1 N–H and O–H groups in total. The Kier molecular flexibility index (Phi) is 6.80. The fourth-order valence-corrected chi connectivity index (χ4v) is 9.73. The SMILES string of the molecule is C=C(C)[C@H](CCO)CC[C@@H](C)[C@H]1CC[C@H]2[C@@H]3CCC4CCCC[C@]4(C)[C@H]3CC[C@]12C. The van der Waals surface area contributed by atoms with E-state index < -0.39 is 0 Å². The maximum absolute atomic E-state index is 9.43. The highest BCUT2D eigenvalue weighted by Gasteiger charge is 2.60. The normalized spacial score (nSPS) is 45.2. The summed E-state index contributed by atoms with van der Waals surface area (Å²) in [6.45, 7) is 14.6. The summed E-state index contributed by atoms with van der Waals surface area (Å²) in [5.41, 5.74) is 2.53. The molecule has 4 fully saturated rings. The van der Waals surface area contributed by atoms with Crippen molar-refractivity contribution in [1.29, 1.82) is 0 Å². The Bertz CT molecular complexity index is 609. The van der Waals surface area contributed by atoms with Crippen LogP contribution in [0.1, 0.15) is 111 Å². The number of rotatable bonds is 7.